The fourth-order valence-corrected chi connectivity index (χ4v) is 4.50. The lowest BCUT2D eigenvalue weighted by molar-refractivity contribution is -0.123. The zero-order valence-electron chi connectivity index (χ0n) is 27.1. The van der Waals surface area contributed by atoms with Crippen LogP contribution in [-0.4, -0.2) is 123 Å². The maximum absolute atomic E-state index is 13.1. The highest BCUT2D eigenvalue weighted by Gasteiger charge is 2.23. The predicted molar refractivity (Wildman–Crippen MR) is 169 cm³/mol. The molecule has 1 saturated heterocycles. The molecule has 44 heavy (non-hydrogen) atoms. The fourth-order valence-electron chi connectivity index (χ4n) is 4.50. The summed E-state index contributed by atoms with van der Waals surface area (Å²) in [6.07, 6.45) is 5.00. The normalized spacial score (nSPS) is 13.9. The number of likely N-dealkylation sites (N-methyl/N-ethyl adjacent to an activating group) is 1. The van der Waals surface area contributed by atoms with Crippen molar-refractivity contribution >= 4 is 36.1 Å². The molecule has 1 aliphatic heterocycles. The molecule has 1 aromatic rings. The first-order chi connectivity index (χ1) is 21.1. The molecule has 2 N–H and O–H groups in total. The smallest absolute Gasteiger partial charge is 0.257 e. The number of ether oxygens (including phenoxy) is 1. The van der Waals surface area contributed by atoms with Crippen LogP contribution in [0.15, 0.2) is 18.2 Å². The van der Waals surface area contributed by atoms with Crippen molar-refractivity contribution < 1.29 is 33.5 Å². The minimum Gasteiger partial charge on any atom is -0.483 e. The average molecular weight is 618 g/mol. The quantitative estimate of drug-likeness (QED) is 0.186. The summed E-state index contributed by atoms with van der Waals surface area (Å²) < 4.78 is 5.59. The summed E-state index contributed by atoms with van der Waals surface area (Å²) in [7, 11) is 3.72. The molecule has 1 fully saturated rings. The SMILES string of the molecule is CC=O.CCCC(=O)CCC(C)N(C)C(=O)c1cccc(OCC(=O)NCCCCNC(=O)CN2CCN(C)CC2)c1C=O. The third-order valence-electron chi connectivity index (χ3n) is 7.34. The number of hydrogen-bond donors (Lipinski definition) is 2. The second-order valence-electron chi connectivity index (χ2n) is 10.9. The summed E-state index contributed by atoms with van der Waals surface area (Å²) in [4.78, 5) is 76.0. The van der Waals surface area contributed by atoms with Crippen LogP contribution in [0.3, 0.4) is 0 Å². The molecule has 0 spiro atoms. The number of amides is 3. The number of Topliss-reactive ketones (excluding diaryl/α,β-unsaturated/α-hetero) is 1. The molecule has 2 rings (SSSR count). The summed E-state index contributed by atoms with van der Waals surface area (Å²) in [5.41, 5.74) is 0.264. The lowest BCUT2D eigenvalue weighted by atomic mass is 10.0. The number of unbranched alkanes of at least 4 members (excludes halogenated alkanes) is 1. The van der Waals surface area contributed by atoms with Gasteiger partial charge in [-0.05, 0) is 58.7 Å². The number of ketones is 1. The predicted octanol–water partition coefficient (Wildman–Crippen LogP) is 1.95. The number of nitrogens with one attached hydrogen (secondary N) is 2. The number of carbonyl (C=O) groups is 6. The minimum atomic E-state index is -0.354. The van der Waals surface area contributed by atoms with Crippen molar-refractivity contribution in [1.29, 1.82) is 0 Å². The molecular weight excluding hydrogens is 566 g/mol. The fraction of sp³-hybridized carbons (Fsp3) is 0.625. The van der Waals surface area contributed by atoms with E-state index in [1.807, 2.05) is 13.8 Å². The Bertz CT molecular complexity index is 1070. The molecular formula is C32H51N5O7. The van der Waals surface area contributed by atoms with E-state index in [1.54, 1.807) is 25.2 Å². The van der Waals surface area contributed by atoms with Crippen molar-refractivity contribution in [1.82, 2.24) is 25.3 Å². The molecule has 12 heteroatoms. The third kappa shape index (κ3) is 14.7. The number of hydrogen-bond acceptors (Lipinski definition) is 9. The van der Waals surface area contributed by atoms with Gasteiger partial charge in [0.25, 0.3) is 11.8 Å². The van der Waals surface area contributed by atoms with Gasteiger partial charge in [-0.1, -0.05) is 13.0 Å². The van der Waals surface area contributed by atoms with Crippen molar-refractivity contribution in [2.45, 2.75) is 65.3 Å². The van der Waals surface area contributed by atoms with E-state index in [0.29, 0.717) is 51.6 Å². The molecule has 0 aromatic heterocycles. The zero-order valence-corrected chi connectivity index (χ0v) is 27.1. The molecule has 1 heterocycles. The molecule has 1 unspecified atom stereocenters. The van der Waals surface area contributed by atoms with Crippen molar-refractivity contribution in [2.24, 2.45) is 0 Å². The second kappa shape index (κ2) is 22.0. The van der Waals surface area contributed by atoms with Crippen LogP contribution in [0, 0.1) is 0 Å². The highest BCUT2D eigenvalue weighted by molar-refractivity contribution is 6.03. The summed E-state index contributed by atoms with van der Waals surface area (Å²) in [5, 5.41) is 5.69. The Morgan fingerprint density at radius 2 is 1.61 bits per heavy atom. The Morgan fingerprint density at radius 3 is 2.20 bits per heavy atom. The first kappa shape index (κ1) is 38.4. The molecule has 1 atom stereocenters. The first-order valence-corrected chi connectivity index (χ1v) is 15.4. The maximum Gasteiger partial charge on any atom is 0.257 e. The number of carbonyl (C=O) groups excluding carboxylic acids is 6. The summed E-state index contributed by atoms with van der Waals surface area (Å²) in [6, 6.07) is 4.51. The standard InChI is InChI=1S/C30H47N5O6.C2H4O/c1-5-9-24(37)13-12-23(2)34(4)30(40)25-10-8-11-27(26(25)21-36)41-22-29(39)32-15-7-6-14-31-28(38)20-35-18-16-33(3)17-19-35;1-2-3/h8,10-11,21,23H,5-7,9,12-20,22H2,1-4H3,(H,31,38)(H,32,39);2H,1H3. The van der Waals surface area contributed by atoms with E-state index in [2.05, 4.69) is 27.5 Å². The van der Waals surface area contributed by atoms with Gasteiger partial charge in [0.05, 0.1) is 17.7 Å². The van der Waals surface area contributed by atoms with Crippen LogP contribution in [0.4, 0.5) is 0 Å². The monoisotopic (exact) mass is 617 g/mol. The van der Waals surface area contributed by atoms with Gasteiger partial charge in [0.2, 0.25) is 5.91 Å². The molecule has 3 amide bonds. The molecule has 0 aliphatic carbocycles. The number of benzene rings is 1. The Hall–Kier alpha value is -3.64. The van der Waals surface area contributed by atoms with Crippen molar-refractivity contribution in [3.63, 3.8) is 0 Å². The van der Waals surface area contributed by atoms with Gasteiger partial charge in [0, 0.05) is 65.2 Å². The topological polar surface area (TPSA) is 145 Å². The van der Waals surface area contributed by atoms with Gasteiger partial charge in [0.15, 0.2) is 12.9 Å². The van der Waals surface area contributed by atoms with Crippen molar-refractivity contribution in [3.05, 3.63) is 29.3 Å². The molecule has 1 aromatic carbocycles. The average Bonchev–Trinajstić information content (AvgIpc) is 3.01. The first-order valence-electron chi connectivity index (χ1n) is 15.4. The lowest BCUT2D eigenvalue weighted by Gasteiger charge is -2.31. The number of nitrogens with zero attached hydrogens (tertiary/aromatic N) is 3. The van der Waals surface area contributed by atoms with E-state index in [1.165, 1.54) is 11.8 Å². The van der Waals surface area contributed by atoms with E-state index >= 15 is 0 Å². The number of aldehydes is 2. The van der Waals surface area contributed by atoms with E-state index in [4.69, 9.17) is 9.53 Å². The highest BCUT2D eigenvalue weighted by Crippen LogP contribution is 2.23. The molecule has 0 radical (unpaired) electrons. The van der Waals surface area contributed by atoms with Crippen molar-refractivity contribution in [3.8, 4) is 5.75 Å². The van der Waals surface area contributed by atoms with E-state index in [-0.39, 0.29) is 53.0 Å². The zero-order chi connectivity index (χ0) is 32.9. The lowest BCUT2D eigenvalue weighted by Crippen LogP contribution is -2.48. The van der Waals surface area contributed by atoms with E-state index in [9.17, 15) is 24.0 Å². The van der Waals surface area contributed by atoms with Crippen LogP contribution in [0.25, 0.3) is 0 Å². The Kier molecular flexibility index (Phi) is 19.2. The van der Waals surface area contributed by atoms with Gasteiger partial charge in [0.1, 0.15) is 17.8 Å². The van der Waals surface area contributed by atoms with Gasteiger partial charge in [-0.15, -0.1) is 0 Å². The Balaban J connectivity index is 0.00000309. The van der Waals surface area contributed by atoms with Gasteiger partial charge in [-0.3, -0.25) is 28.9 Å². The largest absolute Gasteiger partial charge is 0.483 e. The number of rotatable bonds is 18. The van der Waals surface area contributed by atoms with Crippen LogP contribution < -0.4 is 15.4 Å². The van der Waals surface area contributed by atoms with Crippen LogP contribution in [0.2, 0.25) is 0 Å². The van der Waals surface area contributed by atoms with Crippen LogP contribution in [0.5, 0.6) is 5.75 Å². The number of piperazine rings is 1. The van der Waals surface area contributed by atoms with Crippen molar-refractivity contribution in [2.75, 3.05) is 66.5 Å². The second-order valence-corrected chi connectivity index (χ2v) is 10.9. The molecule has 0 bridgehead atoms. The molecule has 1 aliphatic rings. The van der Waals surface area contributed by atoms with Crippen LogP contribution in [-0.2, 0) is 19.2 Å². The molecule has 246 valence electrons. The third-order valence-corrected chi connectivity index (χ3v) is 7.34. The van der Waals surface area contributed by atoms with Crippen LogP contribution in [0.1, 0.15) is 80.0 Å². The molecule has 12 nitrogen and oxygen atoms in total. The summed E-state index contributed by atoms with van der Waals surface area (Å²) in [5.74, 6) is -0.358. The minimum absolute atomic E-state index is 0.0152. The summed E-state index contributed by atoms with van der Waals surface area (Å²) in [6.45, 7) is 10.1. The van der Waals surface area contributed by atoms with E-state index < -0.39 is 0 Å². The van der Waals surface area contributed by atoms with Gasteiger partial charge in [-0.25, -0.2) is 0 Å². The van der Waals surface area contributed by atoms with E-state index in [0.717, 1.165) is 45.3 Å². The van der Waals surface area contributed by atoms with Crippen LogP contribution >= 0.6 is 0 Å². The molecule has 0 saturated carbocycles. The van der Waals surface area contributed by atoms with Gasteiger partial charge >= 0.3 is 0 Å². The Labute approximate surface area is 261 Å². The van der Waals surface area contributed by atoms with Gasteiger partial charge in [-0.2, -0.15) is 0 Å². The van der Waals surface area contributed by atoms with Gasteiger partial charge < -0.3 is 30.0 Å². The summed E-state index contributed by atoms with van der Waals surface area (Å²) >= 11 is 0. The Morgan fingerprint density at radius 1 is 1.00 bits per heavy atom. The highest BCUT2D eigenvalue weighted by atomic mass is 16.5. The maximum atomic E-state index is 13.1.